The number of carbonyl (C=O) groups excluding carboxylic acids is 2. The smallest absolute Gasteiger partial charge is 0.274 e. The van der Waals surface area contributed by atoms with Gasteiger partial charge in [0, 0.05) is 36.8 Å². The van der Waals surface area contributed by atoms with Crippen molar-refractivity contribution in [2.45, 2.75) is 25.3 Å². The number of hydrogen-bond donors (Lipinski definition) is 1. The standard InChI is InChI=1S/C28H29N3O5/c1-35-22-7-3-18(4-8-22)14-26(32)29-24-11-12-25-21-13-19(16-31(25)28(24)34)15-30(17-21)27(33)20-5-9-23(36-2)10-6-20/h3-12,19,21H,13-17H2,1-2H3,(H,29,32). The molecule has 2 bridgehead atoms. The Kier molecular flexibility index (Phi) is 6.50. The molecule has 1 aromatic heterocycles. The maximum atomic E-state index is 13.3. The summed E-state index contributed by atoms with van der Waals surface area (Å²) in [4.78, 5) is 40.9. The Morgan fingerprint density at radius 2 is 1.56 bits per heavy atom. The lowest BCUT2D eigenvalue weighted by molar-refractivity contribution is -0.115. The van der Waals surface area contributed by atoms with Crippen molar-refractivity contribution in [3.8, 4) is 11.5 Å². The maximum Gasteiger partial charge on any atom is 0.274 e. The van der Waals surface area contributed by atoms with Gasteiger partial charge in [-0.05, 0) is 66.4 Å². The molecule has 1 saturated heterocycles. The van der Waals surface area contributed by atoms with E-state index in [1.807, 2.05) is 23.1 Å². The van der Waals surface area contributed by atoms with Crippen LogP contribution in [0.4, 0.5) is 5.69 Å². The number of benzene rings is 2. The van der Waals surface area contributed by atoms with Crippen LogP contribution in [0, 0.1) is 5.92 Å². The minimum Gasteiger partial charge on any atom is -0.497 e. The predicted octanol–water partition coefficient (Wildman–Crippen LogP) is 3.31. The second kappa shape index (κ2) is 9.89. The summed E-state index contributed by atoms with van der Waals surface area (Å²) in [6.45, 7) is 1.69. The molecule has 0 radical (unpaired) electrons. The van der Waals surface area contributed by atoms with E-state index in [2.05, 4.69) is 5.32 Å². The SMILES string of the molecule is COc1ccc(CC(=O)Nc2ccc3n(c2=O)CC2CC3CN(C(=O)c3ccc(OC)cc3)C2)cc1. The van der Waals surface area contributed by atoms with E-state index >= 15 is 0 Å². The topological polar surface area (TPSA) is 89.9 Å². The minimum absolute atomic E-state index is 0.00874. The molecule has 8 nitrogen and oxygen atoms in total. The zero-order chi connectivity index (χ0) is 25.2. The molecule has 0 spiro atoms. The van der Waals surface area contributed by atoms with Crippen LogP contribution >= 0.6 is 0 Å². The highest BCUT2D eigenvalue weighted by atomic mass is 16.5. The number of anilines is 1. The molecule has 3 heterocycles. The number of ether oxygens (including phenoxy) is 2. The van der Waals surface area contributed by atoms with E-state index in [9.17, 15) is 14.4 Å². The number of nitrogens with zero attached hydrogens (tertiary/aromatic N) is 2. The first kappa shape index (κ1) is 23.7. The Bertz CT molecular complexity index is 1330. The molecule has 0 aliphatic carbocycles. The van der Waals surface area contributed by atoms with Gasteiger partial charge in [0.25, 0.3) is 11.5 Å². The summed E-state index contributed by atoms with van der Waals surface area (Å²) in [6, 6.07) is 18.0. The zero-order valence-electron chi connectivity index (χ0n) is 20.4. The van der Waals surface area contributed by atoms with Gasteiger partial charge in [0.05, 0.1) is 20.6 Å². The molecule has 2 unspecified atom stereocenters. The van der Waals surface area contributed by atoms with Crippen LogP contribution in [-0.4, -0.2) is 48.6 Å². The summed E-state index contributed by atoms with van der Waals surface area (Å²) < 4.78 is 12.1. The van der Waals surface area contributed by atoms with Gasteiger partial charge in [0.2, 0.25) is 5.91 Å². The molecule has 0 saturated carbocycles. The first-order valence-electron chi connectivity index (χ1n) is 12.0. The van der Waals surface area contributed by atoms with Crippen molar-refractivity contribution in [3.63, 3.8) is 0 Å². The Labute approximate surface area is 209 Å². The van der Waals surface area contributed by atoms with Crippen molar-refractivity contribution in [2.24, 2.45) is 5.92 Å². The number of aromatic nitrogens is 1. The predicted molar refractivity (Wildman–Crippen MR) is 136 cm³/mol. The highest BCUT2D eigenvalue weighted by Gasteiger charge is 2.37. The van der Waals surface area contributed by atoms with Crippen LogP contribution in [0.2, 0.25) is 0 Å². The second-order valence-electron chi connectivity index (χ2n) is 9.40. The van der Waals surface area contributed by atoms with Gasteiger partial charge in [-0.15, -0.1) is 0 Å². The average molecular weight is 488 g/mol. The third kappa shape index (κ3) is 4.71. The van der Waals surface area contributed by atoms with E-state index in [0.29, 0.717) is 30.9 Å². The van der Waals surface area contributed by atoms with Gasteiger partial charge in [-0.2, -0.15) is 0 Å². The van der Waals surface area contributed by atoms with Crippen LogP contribution in [0.1, 0.15) is 34.0 Å². The number of methoxy groups -OCH3 is 2. The Morgan fingerprint density at radius 3 is 2.22 bits per heavy atom. The van der Waals surface area contributed by atoms with Crippen LogP contribution in [-0.2, 0) is 17.8 Å². The van der Waals surface area contributed by atoms with E-state index in [1.165, 1.54) is 0 Å². The van der Waals surface area contributed by atoms with Crippen LogP contribution in [0.5, 0.6) is 11.5 Å². The highest BCUT2D eigenvalue weighted by Crippen LogP contribution is 2.36. The van der Waals surface area contributed by atoms with Crippen molar-refractivity contribution in [1.82, 2.24) is 9.47 Å². The largest absolute Gasteiger partial charge is 0.497 e. The second-order valence-corrected chi connectivity index (χ2v) is 9.40. The fraction of sp³-hybridized carbons (Fsp3) is 0.321. The fourth-order valence-electron chi connectivity index (χ4n) is 5.25. The maximum absolute atomic E-state index is 13.3. The molecule has 2 amide bonds. The number of fused-ring (bicyclic) bond motifs is 4. The van der Waals surface area contributed by atoms with E-state index in [-0.39, 0.29) is 41.3 Å². The number of rotatable bonds is 6. The number of carbonyl (C=O) groups is 2. The summed E-state index contributed by atoms with van der Waals surface area (Å²) >= 11 is 0. The average Bonchev–Trinajstić information content (AvgIpc) is 2.90. The third-order valence-corrected chi connectivity index (χ3v) is 7.03. The molecule has 186 valence electrons. The molecule has 2 aliphatic rings. The molecule has 3 aromatic rings. The van der Waals surface area contributed by atoms with E-state index in [4.69, 9.17) is 9.47 Å². The van der Waals surface area contributed by atoms with Crippen LogP contribution in [0.15, 0.2) is 65.5 Å². The number of hydrogen-bond acceptors (Lipinski definition) is 5. The van der Waals surface area contributed by atoms with Gasteiger partial charge in [-0.25, -0.2) is 0 Å². The first-order valence-corrected chi connectivity index (χ1v) is 12.0. The van der Waals surface area contributed by atoms with Crippen LogP contribution in [0.3, 0.4) is 0 Å². The number of piperidine rings is 1. The van der Waals surface area contributed by atoms with Gasteiger partial charge >= 0.3 is 0 Å². The zero-order valence-corrected chi connectivity index (χ0v) is 20.4. The van der Waals surface area contributed by atoms with Crippen molar-refractivity contribution in [3.05, 3.63) is 87.8 Å². The molecule has 1 fully saturated rings. The fourth-order valence-corrected chi connectivity index (χ4v) is 5.25. The lowest BCUT2D eigenvalue weighted by atomic mass is 9.83. The molecular weight excluding hydrogens is 458 g/mol. The molecule has 1 N–H and O–H groups in total. The van der Waals surface area contributed by atoms with Crippen molar-refractivity contribution in [1.29, 1.82) is 0 Å². The Hall–Kier alpha value is -4.07. The molecule has 2 atom stereocenters. The highest BCUT2D eigenvalue weighted by molar-refractivity contribution is 5.94. The lowest BCUT2D eigenvalue weighted by Crippen LogP contribution is -2.49. The molecule has 5 rings (SSSR count). The summed E-state index contributed by atoms with van der Waals surface area (Å²) in [5, 5.41) is 2.78. The van der Waals surface area contributed by atoms with E-state index < -0.39 is 0 Å². The quantitative estimate of drug-likeness (QED) is 0.576. The van der Waals surface area contributed by atoms with E-state index in [1.54, 1.807) is 61.3 Å². The van der Waals surface area contributed by atoms with E-state index in [0.717, 1.165) is 23.4 Å². The van der Waals surface area contributed by atoms with Gasteiger partial charge in [-0.3, -0.25) is 14.4 Å². The molecule has 8 heteroatoms. The van der Waals surface area contributed by atoms with Gasteiger partial charge in [-0.1, -0.05) is 12.1 Å². The van der Waals surface area contributed by atoms with Crippen LogP contribution < -0.4 is 20.3 Å². The molecule has 2 aromatic carbocycles. The Morgan fingerprint density at radius 1 is 0.889 bits per heavy atom. The van der Waals surface area contributed by atoms with Gasteiger partial charge in [0.1, 0.15) is 17.2 Å². The number of pyridine rings is 1. The molecule has 36 heavy (non-hydrogen) atoms. The summed E-state index contributed by atoms with van der Waals surface area (Å²) in [5.41, 5.74) is 2.46. The number of amides is 2. The summed E-state index contributed by atoms with van der Waals surface area (Å²) in [6.07, 6.45) is 1.11. The number of likely N-dealkylation sites (tertiary alicyclic amines) is 1. The minimum atomic E-state index is -0.245. The van der Waals surface area contributed by atoms with Crippen molar-refractivity contribution >= 4 is 17.5 Å². The summed E-state index contributed by atoms with van der Waals surface area (Å²) in [5.74, 6) is 1.44. The van der Waals surface area contributed by atoms with Gasteiger partial charge < -0.3 is 24.3 Å². The van der Waals surface area contributed by atoms with Gasteiger partial charge in [0.15, 0.2) is 0 Å². The monoisotopic (exact) mass is 487 g/mol. The number of nitrogens with one attached hydrogen (secondary N) is 1. The normalized spacial score (nSPS) is 18.2. The van der Waals surface area contributed by atoms with Crippen molar-refractivity contribution < 1.29 is 19.1 Å². The van der Waals surface area contributed by atoms with Crippen LogP contribution in [0.25, 0.3) is 0 Å². The third-order valence-electron chi connectivity index (χ3n) is 7.03. The van der Waals surface area contributed by atoms with Crippen molar-refractivity contribution in [2.75, 3.05) is 32.6 Å². The summed E-state index contributed by atoms with van der Waals surface area (Å²) in [7, 11) is 3.19. The first-order chi connectivity index (χ1) is 17.4. The Balaban J connectivity index is 1.29. The molecule has 2 aliphatic heterocycles. The molecular formula is C28H29N3O5. The lowest BCUT2D eigenvalue weighted by Gasteiger charge is -2.43.